The number of hydrogen-bond donors (Lipinski definition) is 1. The van der Waals surface area contributed by atoms with Gasteiger partial charge in [0.1, 0.15) is 0 Å². The number of alkyl halides is 2. The first-order valence-corrected chi connectivity index (χ1v) is 13.1. The predicted molar refractivity (Wildman–Crippen MR) is 121 cm³/mol. The largest absolute Gasteiger partial charge is 0.319 e. The molecule has 9 heteroatoms. The molecule has 1 aromatic rings. The first kappa shape index (κ1) is 23.8. The summed E-state index contributed by atoms with van der Waals surface area (Å²) in [5.41, 5.74) is -0.134. The zero-order valence-electron chi connectivity index (χ0n) is 17.4. The molecular formula is C21H31Cl2N3O3S. The highest BCUT2D eigenvalue weighted by Crippen LogP contribution is 2.46. The zero-order chi connectivity index (χ0) is 21.8. The lowest BCUT2D eigenvalue weighted by Gasteiger charge is -2.52. The maximum absolute atomic E-state index is 12.9. The highest BCUT2D eigenvalue weighted by molar-refractivity contribution is 7.89. The molecule has 30 heavy (non-hydrogen) atoms. The molecule has 0 atom stereocenters. The predicted octanol–water partition coefficient (Wildman–Crippen LogP) is 3.61. The van der Waals surface area contributed by atoms with E-state index in [1.54, 1.807) is 35.5 Å². The van der Waals surface area contributed by atoms with Gasteiger partial charge in [-0.3, -0.25) is 9.69 Å². The molecule has 1 saturated carbocycles. The van der Waals surface area contributed by atoms with E-state index in [9.17, 15) is 13.2 Å². The number of nitrogens with zero attached hydrogens (tertiary/aromatic N) is 2. The van der Waals surface area contributed by atoms with Crippen LogP contribution >= 0.6 is 23.2 Å². The molecule has 6 nitrogen and oxygen atoms in total. The topological polar surface area (TPSA) is 69.7 Å². The minimum Gasteiger partial charge on any atom is -0.319 e. The Kier molecular flexibility index (Phi) is 7.72. The molecule has 1 aliphatic carbocycles. The number of carbonyl (C=O) groups is 1. The molecule has 0 radical (unpaired) electrons. The van der Waals surface area contributed by atoms with Crippen molar-refractivity contribution in [1.29, 1.82) is 0 Å². The van der Waals surface area contributed by atoms with Crippen molar-refractivity contribution in [2.75, 3.05) is 31.9 Å². The van der Waals surface area contributed by atoms with Gasteiger partial charge in [0.15, 0.2) is 0 Å². The minimum atomic E-state index is -3.22. The van der Waals surface area contributed by atoms with E-state index in [1.807, 2.05) is 6.07 Å². The van der Waals surface area contributed by atoms with Gasteiger partial charge in [0.2, 0.25) is 14.5 Å². The van der Waals surface area contributed by atoms with Gasteiger partial charge in [0, 0.05) is 31.7 Å². The van der Waals surface area contributed by atoms with E-state index in [-0.39, 0.29) is 11.7 Å². The second-order valence-corrected chi connectivity index (χ2v) is 11.7. The quantitative estimate of drug-likeness (QED) is 0.387. The molecule has 0 bridgehead atoms. The van der Waals surface area contributed by atoms with Crippen molar-refractivity contribution in [2.24, 2.45) is 0 Å². The Hall–Kier alpha value is -0.860. The van der Waals surface area contributed by atoms with Crippen LogP contribution in [0, 0.1) is 0 Å². The number of carbonyl (C=O) groups excluding carboxylic acids is 1. The SMILES string of the molecule is CCS(=O)(=O)N1CCN(C2(C(Cl)(Cl)NC(=O)c3ccccc3)CCCCCC2)CC1. The molecule has 1 amide bonds. The fraction of sp³-hybridized carbons (Fsp3) is 0.667. The Labute approximate surface area is 189 Å². The van der Waals surface area contributed by atoms with Crippen molar-refractivity contribution in [1.82, 2.24) is 14.5 Å². The van der Waals surface area contributed by atoms with Gasteiger partial charge in [-0.1, -0.05) is 67.1 Å². The van der Waals surface area contributed by atoms with Gasteiger partial charge in [-0.15, -0.1) is 0 Å². The molecule has 1 N–H and O–H groups in total. The van der Waals surface area contributed by atoms with Gasteiger partial charge in [-0.2, -0.15) is 4.31 Å². The van der Waals surface area contributed by atoms with Crippen LogP contribution in [0.3, 0.4) is 0 Å². The third kappa shape index (κ3) is 4.96. The van der Waals surface area contributed by atoms with Crippen LogP contribution in [0.1, 0.15) is 55.8 Å². The van der Waals surface area contributed by atoms with E-state index in [4.69, 9.17) is 23.2 Å². The number of hydrogen-bond acceptors (Lipinski definition) is 4. The second kappa shape index (κ2) is 9.74. The van der Waals surface area contributed by atoms with E-state index in [1.165, 1.54) is 0 Å². The standard InChI is InChI=1S/C21H31Cl2N3O3S/c1-2-30(28,29)26-16-14-25(15-17-26)20(12-8-3-4-9-13-20)21(22,23)24-19(27)18-10-6-5-7-11-18/h5-7,10-11H,2-4,8-9,12-17H2,1H3,(H,24,27). The summed E-state index contributed by atoms with van der Waals surface area (Å²) in [5, 5.41) is 2.88. The third-order valence-electron chi connectivity index (χ3n) is 6.42. The molecule has 1 heterocycles. The van der Waals surface area contributed by atoms with Crippen molar-refractivity contribution in [3.63, 3.8) is 0 Å². The van der Waals surface area contributed by atoms with Crippen LogP contribution in [0.2, 0.25) is 0 Å². The average molecular weight is 476 g/mol. The van der Waals surface area contributed by atoms with E-state index in [2.05, 4.69) is 10.2 Å². The van der Waals surface area contributed by atoms with Crippen LogP contribution in [0.25, 0.3) is 0 Å². The Morgan fingerprint density at radius 3 is 2.13 bits per heavy atom. The fourth-order valence-electron chi connectivity index (χ4n) is 4.64. The summed E-state index contributed by atoms with van der Waals surface area (Å²) in [6.07, 6.45) is 5.65. The van der Waals surface area contributed by atoms with E-state index in [0.717, 1.165) is 38.5 Å². The maximum atomic E-state index is 12.9. The fourth-order valence-corrected chi connectivity index (χ4v) is 6.51. The van der Waals surface area contributed by atoms with Gasteiger partial charge in [0.05, 0.1) is 11.3 Å². The van der Waals surface area contributed by atoms with Crippen LogP contribution in [-0.2, 0) is 10.0 Å². The Morgan fingerprint density at radius 1 is 1.03 bits per heavy atom. The Morgan fingerprint density at radius 2 is 1.60 bits per heavy atom. The molecule has 2 aliphatic rings. The van der Waals surface area contributed by atoms with E-state index >= 15 is 0 Å². The van der Waals surface area contributed by atoms with Crippen molar-refractivity contribution < 1.29 is 13.2 Å². The van der Waals surface area contributed by atoms with Gasteiger partial charge < -0.3 is 5.32 Å². The van der Waals surface area contributed by atoms with E-state index < -0.39 is 20.0 Å². The van der Waals surface area contributed by atoms with Crippen molar-refractivity contribution in [3.05, 3.63) is 35.9 Å². The van der Waals surface area contributed by atoms with Crippen molar-refractivity contribution >= 4 is 39.1 Å². The lowest BCUT2D eigenvalue weighted by Crippen LogP contribution is -2.68. The number of sulfonamides is 1. The molecule has 2 fully saturated rings. The lowest BCUT2D eigenvalue weighted by molar-refractivity contribution is 0.0195. The highest BCUT2D eigenvalue weighted by atomic mass is 35.5. The number of benzene rings is 1. The first-order valence-electron chi connectivity index (χ1n) is 10.7. The van der Waals surface area contributed by atoms with Crippen LogP contribution in [-0.4, -0.2) is 65.5 Å². The van der Waals surface area contributed by atoms with Crippen molar-refractivity contribution in [2.45, 2.75) is 55.4 Å². The van der Waals surface area contributed by atoms with Gasteiger partial charge in [0.25, 0.3) is 5.91 Å². The first-order chi connectivity index (χ1) is 14.2. The summed E-state index contributed by atoms with van der Waals surface area (Å²) in [5.74, 6) is -0.211. The number of halogens is 2. The van der Waals surface area contributed by atoms with Crippen LogP contribution in [0.5, 0.6) is 0 Å². The molecule has 3 rings (SSSR count). The van der Waals surface area contributed by atoms with Gasteiger partial charge >= 0.3 is 0 Å². The zero-order valence-corrected chi connectivity index (χ0v) is 19.8. The normalized spacial score (nSPS) is 21.7. The Bertz CT molecular complexity index is 817. The molecule has 0 aromatic heterocycles. The lowest BCUT2D eigenvalue weighted by atomic mass is 9.86. The monoisotopic (exact) mass is 475 g/mol. The minimum absolute atomic E-state index is 0.0974. The number of piperazine rings is 1. The van der Waals surface area contributed by atoms with E-state index in [0.29, 0.717) is 31.7 Å². The Balaban J connectivity index is 1.83. The molecule has 1 saturated heterocycles. The molecule has 0 spiro atoms. The van der Waals surface area contributed by atoms with Crippen LogP contribution < -0.4 is 5.32 Å². The summed E-state index contributed by atoms with van der Waals surface area (Å²) in [4.78, 5) is 15.1. The van der Waals surface area contributed by atoms with Crippen LogP contribution in [0.15, 0.2) is 30.3 Å². The highest BCUT2D eigenvalue weighted by Gasteiger charge is 2.54. The maximum Gasteiger partial charge on any atom is 0.253 e. The van der Waals surface area contributed by atoms with Crippen molar-refractivity contribution in [3.8, 4) is 0 Å². The summed E-state index contributed by atoms with van der Waals surface area (Å²) >= 11 is 13.9. The second-order valence-electron chi connectivity index (χ2n) is 8.13. The number of amides is 1. The summed E-state index contributed by atoms with van der Waals surface area (Å²) in [7, 11) is -3.22. The molecule has 1 aromatic carbocycles. The molecule has 0 unspecified atom stereocenters. The third-order valence-corrected chi connectivity index (χ3v) is 9.20. The summed E-state index contributed by atoms with van der Waals surface area (Å²) in [6, 6.07) is 8.91. The summed E-state index contributed by atoms with van der Waals surface area (Å²) in [6.45, 7) is 3.57. The smallest absolute Gasteiger partial charge is 0.253 e. The molecule has 168 valence electrons. The van der Waals surface area contributed by atoms with Gasteiger partial charge in [-0.25, -0.2) is 8.42 Å². The molecule has 1 aliphatic heterocycles. The number of rotatable bonds is 6. The van der Waals surface area contributed by atoms with Crippen LogP contribution in [0.4, 0.5) is 0 Å². The summed E-state index contributed by atoms with van der Waals surface area (Å²) < 4.78 is 24.6. The average Bonchev–Trinajstić information content (AvgIpc) is 3.02. The number of nitrogens with one attached hydrogen (secondary N) is 1. The van der Waals surface area contributed by atoms with Gasteiger partial charge in [-0.05, 0) is 31.9 Å². The molecular weight excluding hydrogens is 445 g/mol.